The van der Waals surface area contributed by atoms with Gasteiger partial charge in [-0.2, -0.15) is 4.89 Å². The molecular formula is C14H22ClNO3. The lowest BCUT2D eigenvalue weighted by Crippen LogP contribution is -2.22. The lowest BCUT2D eigenvalue weighted by molar-refractivity contribution is -0.301. The minimum Gasteiger partial charge on any atom is -0.324 e. The molecule has 0 aliphatic carbocycles. The van der Waals surface area contributed by atoms with Gasteiger partial charge >= 0.3 is 5.97 Å². The molecule has 1 atom stereocenters. The Kier molecular flexibility index (Phi) is 7.05. The minimum atomic E-state index is -0.514. The Morgan fingerprint density at radius 1 is 1.26 bits per heavy atom. The van der Waals surface area contributed by atoms with E-state index in [0.29, 0.717) is 5.56 Å². The Balaban J connectivity index is 0.00000324. The van der Waals surface area contributed by atoms with E-state index in [9.17, 15) is 4.79 Å². The number of carbonyl (C=O) groups is 1. The average molecular weight is 288 g/mol. The standard InChI is InChI=1S/C14H21NO3.ClH/c1-5-12(15)10-6-8-11(9-7-10)13(16)17-18-14(2,3)4;/h6-9,12H,5,15H2,1-4H3;1H. The van der Waals surface area contributed by atoms with E-state index in [1.807, 2.05) is 39.8 Å². The largest absolute Gasteiger partial charge is 0.373 e. The second kappa shape index (κ2) is 7.48. The number of rotatable bonds is 4. The fourth-order valence-electron chi connectivity index (χ4n) is 1.31. The predicted molar refractivity (Wildman–Crippen MR) is 77.2 cm³/mol. The van der Waals surface area contributed by atoms with Crippen molar-refractivity contribution >= 4 is 18.4 Å². The number of hydrogen-bond acceptors (Lipinski definition) is 4. The summed E-state index contributed by atoms with van der Waals surface area (Å²) in [6, 6.07) is 7.06. The van der Waals surface area contributed by atoms with Crippen molar-refractivity contribution in [1.82, 2.24) is 0 Å². The van der Waals surface area contributed by atoms with Gasteiger partial charge in [-0.1, -0.05) is 19.1 Å². The van der Waals surface area contributed by atoms with Crippen LogP contribution in [-0.4, -0.2) is 11.6 Å². The first-order chi connectivity index (χ1) is 8.33. The third kappa shape index (κ3) is 6.05. The third-order valence-corrected chi connectivity index (χ3v) is 2.38. The van der Waals surface area contributed by atoms with E-state index in [1.165, 1.54) is 0 Å². The molecular weight excluding hydrogens is 266 g/mol. The van der Waals surface area contributed by atoms with Crippen LogP contribution in [0, 0.1) is 0 Å². The third-order valence-electron chi connectivity index (χ3n) is 2.38. The second-order valence-corrected chi connectivity index (χ2v) is 5.20. The Morgan fingerprint density at radius 3 is 2.21 bits per heavy atom. The van der Waals surface area contributed by atoms with E-state index in [0.717, 1.165) is 12.0 Å². The van der Waals surface area contributed by atoms with E-state index < -0.39 is 11.6 Å². The van der Waals surface area contributed by atoms with Crippen molar-refractivity contribution in [2.75, 3.05) is 0 Å². The fourth-order valence-corrected chi connectivity index (χ4v) is 1.31. The van der Waals surface area contributed by atoms with Crippen LogP contribution >= 0.6 is 12.4 Å². The molecule has 1 rings (SSSR count). The number of nitrogens with two attached hydrogens (primary N) is 1. The lowest BCUT2D eigenvalue weighted by atomic mass is 10.0. The van der Waals surface area contributed by atoms with Crippen molar-refractivity contribution in [2.24, 2.45) is 5.73 Å². The van der Waals surface area contributed by atoms with E-state index >= 15 is 0 Å². The summed E-state index contributed by atoms with van der Waals surface area (Å²) >= 11 is 0. The molecule has 2 N–H and O–H groups in total. The molecule has 1 aromatic rings. The molecule has 0 heterocycles. The maximum atomic E-state index is 11.7. The Labute approximate surface area is 120 Å². The molecule has 0 saturated heterocycles. The zero-order valence-electron chi connectivity index (χ0n) is 11.8. The van der Waals surface area contributed by atoms with Crippen LogP contribution in [0.25, 0.3) is 0 Å². The first-order valence-electron chi connectivity index (χ1n) is 6.09. The smallest absolute Gasteiger partial charge is 0.324 e. The molecule has 0 saturated carbocycles. The van der Waals surface area contributed by atoms with Crippen molar-refractivity contribution in [3.8, 4) is 0 Å². The van der Waals surface area contributed by atoms with E-state index in [-0.39, 0.29) is 18.4 Å². The van der Waals surface area contributed by atoms with Gasteiger partial charge in [0.1, 0.15) is 5.60 Å². The molecule has 0 aliphatic heterocycles. The van der Waals surface area contributed by atoms with Gasteiger partial charge < -0.3 is 5.73 Å². The quantitative estimate of drug-likeness (QED) is 0.681. The van der Waals surface area contributed by atoms with Crippen molar-refractivity contribution in [2.45, 2.75) is 45.8 Å². The highest BCUT2D eigenvalue weighted by Gasteiger charge is 2.16. The Bertz CT molecular complexity index is 398. The molecule has 1 unspecified atom stereocenters. The molecule has 0 radical (unpaired) electrons. The van der Waals surface area contributed by atoms with Crippen molar-refractivity contribution in [3.63, 3.8) is 0 Å². The topological polar surface area (TPSA) is 61.6 Å². The second-order valence-electron chi connectivity index (χ2n) is 5.20. The molecule has 4 nitrogen and oxygen atoms in total. The SMILES string of the molecule is CCC(N)c1ccc(C(=O)OOC(C)(C)C)cc1.Cl. The first-order valence-corrected chi connectivity index (χ1v) is 6.09. The van der Waals surface area contributed by atoms with Gasteiger partial charge in [0.25, 0.3) is 0 Å². The Hall–Kier alpha value is -1.10. The summed E-state index contributed by atoms with van der Waals surface area (Å²) in [4.78, 5) is 21.4. The molecule has 0 fully saturated rings. The molecule has 5 heteroatoms. The molecule has 0 amide bonds. The fraction of sp³-hybridized carbons (Fsp3) is 0.500. The molecule has 1 aromatic carbocycles. The van der Waals surface area contributed by atoms with Crippen LogP contribution in [0.2, 0.25) is 0 Å². The van der Waals surface area contributed by atoms with Gasteiger partial charge in [0.05, 0.1) is 5.56 Å². The molecule has 108 valence electrons. The summed E-state index contributed by atoms with van der Waals surface area (Å²) in [7, 11) is 0. The molecule has 19 heavy (non-hydrogen) atoms. The van der Waals surface area contributed by atoms with Crippen molar-refractivity contribution in [1.29, 1.82) is 0 Å². The molecule has 0 spiro atoms. The van der Waals surface area contributed by atoms with Crippen molar-refractivity contribution < 1.29 is 14.6 Å². The first kappa shape index (κ1) is 17.9. The summed E-state index contributed by atoms with van der Waals surface area (Å²) in [6.07, 6.45) is 0.858. The van der Waals surface area contributed by atoms with Crippen LogP contribution < -0.4 is 5.73 Å². The van der Waals surface area contributed by atoms with Gasteiger partial charge in [-0.15, -0.1) is 12.4 Å². The zero-order chi connectivity index (χ0) is 13.8. The van der Waals surface area contributed by atoms with Crippen molar-refractivity contribution in [3.05, 3.63) is 35.4 Å². The minimum absolute atomic E-state index is 0. The number of carbonyl (C=O) groups excluding carboxylic acids is 1. The number of benzene rings is 1. The van der Waals surface area contributed by atoms with Crippen LogP contribution in [0.5, 0.6) is 0 Å². The van der Waals surface area contributed by atoms with Gasteiger partial charge in [0.15, 0.2) is 0 Å². The number of halogens is 1. The lowest BCUT2D eigenvalue weighted by Gasteiger charge is -2.16. The average Bonchev–Trinajstić information content (AvgIpc) is 2.34. The summed E-state index contributed by atoms with van der Waals surface area (Å²) < 4.78 is 0. The summed E-state index contributed by atoms with van der Waals surface area (Å²) in [5, 5.41) is 0. The number of hydrogen-bond donors (Lipinski definition) is 1. The monoisotopic (exact) mass is 287 g/mol. The molecule has 0 aromatic heterocycles. The van der Waals surface area contributed by atoms with E-state index in [4.69, 9.17) is 15.5 Å². The summed E-state index contributed by atoms with van der Waals surface area (Å²) in [5.74, 6) is -0.499. The van der Waals surface area contributed by atoms with Gasteiger partial charge in [-0.05, 0) is 44.9 Å². The van der Waals surface area contributed by atoms with Crippen LogP contribution in [0.4, 0.5) is 0 Å². The Morgan fingerprint density at radius 2 is 1.79 bits per heavy atom. The zero-order valence-corrected chi connectivity index (χ0v) is 12.6. The van der Waals surface area contributed by atoms with Gasteiger partial charge in [0, 0.05) is 6.04 Å². The predicted octanol–water partition coefficient (Wildman–Crippen LogP) is 3.41. The maximum absolute atomic E-state index is 11.7. The van der Waals surface area contributed by atoms with Gasteiger partial charge in [-0.3, -0.25) is 4.89 Å². The molecule has 0 bridgehead atoms. The summed E-state index contributed by atoms with van der Waals surface area (Å²) in [5.41, 5.74) is 6.84. The highest BCUT2D eigenvalue weighted by molar-refractivity contribution is 5.88. The maximum Gasteiger partial charge on any atom is 0.373 e. The van der Waals surface area contributed by atoms with Gasteiger partial charge in [0.2, 0.25) is 0 Å². The highest BCUT2D eigenvalue weighted by Crippen LogP contribution is 2.15. The molecule has 0 aliphatic rings. The highest BCUT2D eigenvalue weighted by atomic mass is 35.5. The van der Waals surface area contributed by atoms with E-state index in [1.54, 1.807) is 12.1 Å². The summed E-state index contributed by atoms with van der Waals surface area (Å²) in [6.45, 7) is 7.45. The van der Waals surface area contributed by atoms with Gasteiger partial charge in [-0.25, -0.2) is 4.79 Å². The van der Waals surface area contributed by atoms with Crippen LogP contribution in [0.15, 0.2) is 24.3 Å². The van der Waals surface area contributed by atoms with Crippen LogP contribution in [0.3, 0.4) is 0 Å². The van der Waals surface area contributed by atoms with E-state index in [2.05, 4.69) is 0 Å². The normalized spacial score (nSPS) is 12.5. The van der Waals surface area contributed by atoms with Crippen LogP contribution in [-0.2, 0) is 9.78 Å². The van der Waals surface area contributed by atoms with Crippen LogP contribution in [0.1, 0.15) is 56.1 Å².